The molecule has 186 valence electrons. The number of ether oxygens (including phenoxy) is 2. The molecular weight excluding hydrogens is 420 g/mol. The molecule has 0 radical (unpaired) electrons. The fraction of sp³-hybridized carbons (Fsp3) is 0.581. The third-order valence-electron chi connectivity index (χ3n) is 7.28. The molecule has 2 aromatic rings. The molecule has 0 N–H and O–H groups in total. The molecule has 3 nitrogen and oxygen atoms in total. The topological polar surface area (TPSA) is 35.5 Å². The van der Waals surface area contributed by atoms with Crippen molar-refractivity contribution in [1.29, 1.82) is 0 Å². The van der Waals surface area contributed by atoms with Gasteiger partial charge in [0.1, 0.15) is 11.5 Å². The first kappa shape index (κ1) is 26.3. The van der Waals surface area contributed by atoms with Gasteiger partial charge in [0.05, 0.1) is 12.2 Å². The molecule has 0 bridgehead atoms. The normalized spacial score (nSPS) is 17.9. The predicted molar refractivity (Wildman–Crippen MR) is 141 cm³/mol. The first-order chi connectivity index (χ1) is 16.7. The van der Waals surface area contributed by atoms with E-state index in [1.54, 1.807) is 12.1 Å². The third-order valence-corrected chi connectivity index (χ3v) is 7.28. The first-order valence-corrected chi connectivity index (χ1v) is 13.7. The van der Waals surface area contributed by atoms with Gasteiger partial charge in [-0.1, -0.05) is 83.8 Å². The molecule has 0 aliphatic heterocycles. The van der Waals surface area contributed by atoms with Crippen molar-refractivity contribution >= 4 is 5.97 Å². The molecule has 1 fully saturated rings. The smallest absolute Gasteiger partial charge is 0.343 e. The van der Waals surface area contributed by atoms with Crippen molar-refractivity contribution in [1.82, 2.24) is 0 Å². The number of unbranched alkanes of at least 4 members (excludes halogenated alkanes) is 3. The molecule has 0 amide bonds. The number of benzene rings is 2. The minimum Gasteiger partial charge on any atom is -0.494 e. The Morgan fingerprint density at radius 1 is 0.765 bits per heavy atom. The van der Waals surface area contributed by atoms with E-state index in [1.807, 2.05) is 36.4 Å². The monoisotopic (exact) mass is 464 g/mol. The Labute approximate surface area is 207 Å². The zero-order valence-corrected chi connectivity index (χ0v) is 21.4. The van der Waals surface area contributed by atoms with Crippen molar-refractivity contribution in [3.8, 4) is 11.5 Å². The Morgan fingerprint density at radius 2 is 1.38 bits per heavy atom. The second kappa shape index (κ2) is 14.9. The maximum Gasteiger partial charge on any atom is 0.343 e. The van der Waals surface area contributed by atoms with E-state index in [2.05, 4.69) is 13.8 Å². The number of carbonyl (C=O) groups excluding carboxylic acids is 1. The molecule has 0 heterocycles. The zero-order chi connectivity index (χ0) is 24.0. The van der Waals surface area contributed by atoms with Gasteiger partial charge in [0.2, 0.25) is 0 Å². The molecule has 3 rings (SSSR count). The van der Waals surface area contributed by atoms with Crippen LogP contribution in [0.4, 0.5) is 0 Å². The highest BCUT2D eigenvalue weighted by Crippen LogP contribution is 2.36. The summed E-state index contributed by atoms with van der Waals surface area (Å²) in [5.74, 6) is 2.88. The predicted octanol–water partition coefficient (Wildman–Crippen LogP) is 8.79. The summed E-state index contributed by atoms with van der Waals surface area (Å²) in [6.07, 6.45) is 16.9. The van der Waals surface area contributed by atoms with Gasteiger partial charge in [0, 0.05) is 0 Å². The number of carbonyl (C=O) groups is 1. The van der Waals surface area contributed by atoms with E-state index in [0.29, 0.717) is 11.3 Å². The van der Waals surface area contributed by atoms with Crippen molar-refractivity contribution in [2.75, 3.05) is 6.61 Å². The van der Waals surface area contributed by atoms with Gasteiger partial charge in [-0.15, -0.1) is 0 Å². The van der Waals surface area contributed by atoms with Crippen molar-refractivity contribution in [2.24, 2.45) is 11.8 Å². The highest BCUT2D eigenvalue weighted by atomic mass is 16.5. The minimum atomic E-state index is -0.334. The Kier molecular flexibility index (Phi) is 11.5. The van der Waals surface area contributed by atoms with Crippen molar-refractivity contribution in [2.45, 2.75) is 97.3 Å². The van der Waals surface area contributed by atoms with Crippen LogP contribution in [0.2, 0.25) is 0 Å². The maximum atomic E-state index is 12.5. The average Bonchev–Trinajstić information content (AvgIpc) is 2.87. The van der Waals surface area contributed by atoms with Gasteiger partial charge in [-0.05, 0) is 79.5 Å². The molecule has 2 unspecified atom stereocenters. The van der Waals surface area contributed by atoms with E-state index in [9.17, 15) is 4.79 Å². The fourth-order valence-corrected chi connectivity index (χ4v) is 5.19. The van der Waals surface area contributed by atoms with Crippen LogP contribution in [0.15, 0.2) is 48.5 Å². The number of esters is 1. The summed E-state index contributed by atoms with van der Waals surface area (Å²) >= 11 is 0. The molecule has 34 heavy (non-hydrogen) atoms. The summed E-state index contributed by atoms with van der Waals surface area (Å²) in [5.41, 5.74) is 1.82. The number of hydrogen-bond acceptors (Lipinski definition) is 3. The summed E-state index contributed by atoms with van der Waals surface area (Å²) in [5, 5.41) is 0. The van der Waals surface area contributed by atoms with Crippen LogP contribution in [0.1, 0.15) is 107 Å². The lowest BCUT2D eigenvalue weighted by molar-refractivity contribution is 0.0734. The van der Waals surface area contributed by atoms with Gasteiger partial charge >= 0.3 is 5.97 Å². The Morgan fingerprint density at radius 3 is 2.03 bits per heavy atom. The largest absolute Gasteiger partial charge is 0.494 e. The first-order valence-electron chi connectivity index (χ1n) is 13.7. The number of hydrogen-bond donors (Lipinski definition) is 0. The SMILES string of the molecule is CCCCCC1CCCCC1CCCOc1ccc(C(=O)Oc2ccc(CCCC)cc2)cc1. The quantitative estimate of drug-likeness (QED) is 0.159. The van der Waals surface area contributed by atoms with Crippen LogP contribution < -0.4 is 9.47 Å². The van der Waals surface area contributed by atoms with Crippen LogP contribution in [0, 0.1) is 11.8 Å². The molecule has 3 heteroatoms. The van der Waals surface area contributed by atoms with E-state index >= 15 is 0 Å². The minimum absolute atomic E-state index is 0.334. The Bertz CT molecular complexity index is 825. The maximum absolute atomic E-state index is 12.5. The third kappa shape index (κ3) is 8.81. The van der Waals surface area contributed by atoms with E-state index in [1.165, 1.54) is 76.2 Å². The summed E-state index contributed by atoms with van der Waals surface area (Å²) in [4.78, 5) is 12.5. The highest BCUT2D eigenvalue weighted by Gasteiger charge is 2.24. The molecule has 0 saturated heterocycles. The van der Waals surface area contributed by atoms with E-state index in [4.69, 9.17) is 9.47 Å². The molecular formula is C31H44O3. The molecule has 1 aliphatic carbocycles. The Hall–Kier alpha value is -2.29. The van der Waals surface area contributed by atoms with E-state index in [0.717, 1.165) is 37.0 Å². The van der Waals surface area contributed by atoms with Gasteiger partial charge in [-0.25, -0.2) is 4.79 Å². The van der Waals surface area contributed by atoms with Gasteiger partial charge in [0.15, 0.2) is 0 Å². The van der Waals surface area contributed by atoms with Gasteiger partial charge in [-0.3, -0.25) is 0 Å². The van der Waals surface area contributed by atoms with Crippen LogP contribution in [-0.2, 0) is 6.42 Å². The summed E-state index contributed by atoms with van der Waals surface area (Å²) in [7, 11) is 0. The summed E-state index contributed by atoms with van der Waals surface area (Å²) in [6, 6.07) is 15.2. The van der Waals surface area contributed by atoms with Crippen molar-refractivity contribution in [3.63, 3.8) is 0 Å². The Balaban J connectivity index is 1.39. The van der Waals surface area contributed by atoms with Crippen LogP contribution in [0.5, 0.6) is 11.5 Å². The molecule has 2 atom stereocenters. The average molecular weight is 465 g/mol. The highest BCUT2D eigenvalue weighted by molar-refractivity contribution is 5.91. The molecule has 1 saturated carbocycles. The zero-order valence-electron chi connectivity index (χ0n) is 21.4. The molecule has 1 aliphatic rings. The number of aryl methyl sites for hydroxylation is 1. The lowest BCUT2D eigenvalue weighted by atomic mass is 9.74. The summed E-state index contributed by atoms with van der Waals surface area (Å²) < 4.78 is 11.5. The van der Waals surface area contributed by atoms with Crippen LogP contribution in [0.25, 0.3) is 0 Å². The van der Waals surface area contributed by atoms with E-state index in [-0.39, 0.29) is 5.97 Å². The lowest BCUT2D eigenvalue weighted by Crippen LogP contribution is -2.20. The second-order valence-electron chi connectivity index (χ2n) is 9.95. The molecule has 0 spiro atoms. The van der Waals surface area contributed by atoms with E-state index < -0.39 is 0 Å². The second-order valence-corrected chi connectivity index (χ2v) is 9.95. The van der Waals surface area contributed by atoms with Crippen LogP contribution in [-0.4, -0.2) is 12.6 Å². The molecule has 2 aromatic carbocycles. The lowest BCUT2D eigenvalue weighted by Gasteiger charge is -2.31. The van der Waals surface area contributed by atoms with Gasteiger partial charge < -0.3 is 9.47 Å². The van der Waals surface area contributed by atoms with Gasteiger partial charge in [0.25, 0.3) is 0 Å². The molecule has 0 aromatic heterocycles. The number of rotatable bonds is 14. The summed E-state index contributed by atoms with van der Waals surface area (Å²) in [6.45, 7) is 5.22. The standard InChI is InChI=1S/C31H44O3/c1-3-5-7-12-26-13-8-9-14-27(26)15-10-24-33-29-22-18-28(19-23-29)31(32)34-30-20-16-25(17-21-30)11-6-4-2/h16-23,26-27H,3-15,24H2,1-2H3. The van der Waals surface area contributed by atoms with Crippen LogP contribution >= 0.6 is 0 Å². The van der Waals surface area contributed by atoms with Crippen LogP contribution in [0.3, 0.4) is 0 Å². The van der Waals surface area contributed by atoms with Gasteiger partial charge in [-0.2, -0.15) is 0 Å². The van der Waals surface area contributed by atoms with Crippen molar-refractivity contribution in [3.05, 3.63) is 59.7 Å². The fourth-order valence-electron chi connectivity index (χ4n) is 5.19. The van der Waals surface area contributed by atoms with Crippen molar-refractivity contribution < 1.29 is 14.3 Å².